The number of likely N-dealkylation sites (N-methyl/N-ethyl adjacent to an activating group) is 1. The van der Waals surface area contributed by atoms with Crippen LogP contribution in [-0.4, -0.2) is 40.5 Å². The normalized spacial score (nSPS) is 23.7. The van der Waals surface area contributed by atoms with E-state index in [1.165, 1.54) is 0 Å². The van der Waals surface area contributed by atoms with E-state index in [0.29, 0.717) is 18.7 Å². The number of benzene rings is 2. The topological polar surface area (TPSA) is 78.7 Å². The molecule has 0 bridgehead atoms. The maximum atomic E-state index is 12.7. The molecule has 2 aromatic rings. The number of rotatable bonds is 5. The molecule has 150 valence electrons. The van der Waals surface area contributed by atoms with Gasteiger partial charge >= 0.3 is 5.66 Å². The van der Waals surface area contributed by atoms with Gasteiger partial charge in [0.25, 0.3) is 5.24 Å². The molecule has 1 saturated heterocycles. The zero-order valence-electron chi connectivity index (χ0n) is 16.3. The standard InChI is InChI=1S/C21H21N3O4S/c1-21(23(2)17-6-4-3-5-15(17)12-24(21)27)13-28-16-9-7-14(8-10-16)11-18-19(25)22-20(26)29-18/h3-10,18H,11-13H2,1-2H3/p+1. The first-order valence-corrected chi connectivity index (χ1v) is 10.2. The molecule has 2 aliphatic heterocycles. The molecule has 7 nitrogen and oxygen atoms in total. The van der Waals surface area contributed by atoms with Crippen LogP contribution in [0.5, 0.6) is 5.75 Å². The van der Waals surface area contributed by atoms with E-state index >= 15 is 0 Å². The van der Waals surface area contributed by atoms with E-state index in [1.807, 2.05) is 67.4 Å². The van der Waals surface area contributed by atoms with Crippen LogP contribution < -0.4 is 15.0 Å². The smallest absolute Gasteiger partial charge is 0.316 e. The molecule has 2 heterocycles. The SMILES string of the molecule is CN1c2ccccc2C[N+](=O)C1(C)COc1ccc(CC2SC(=O)NC2=O)cc1. The van der Waals surface area contributed by atoms with Gasteiger partial charge in [0.15, 0.2) is 6.61 Å². The molecule has 2 unspecified atom stereocenters. The third-order valence-electron chi connectivity index (χ3n) is 5.55. The first-order chi connectivity index (χ1) is 13.9. The molecular weight excluding hydrogens is 390 g/mol. The molecular formula is C21H22N3O4S+. The summed E-state index contributed by atoms with van der Waals surface area (Å²) in [6, 6.07) is 15.3. The van der Waals surface area contributed by atoms with Gasteiger partial charge in [0.05, 0.1) is 10.9 Å². The largest absolute Gasteiger partial charge is 0.484 e. The fraction of sp³-hybridized carbons (Fsp3) is 0.333. The predicted molar refractivity (Wildman–Crippen MR) is 111 cm³/mol. The lowest BCUT2D eigenvalue weighted by molar-refractivity contribution is -0.642. The molecule has 0 radical (unpaired) electrons. The number of amides is 2. The van der Waals surface area contributed by atoms with Crippen molar-refractivity contribution in [1.29, 1.82) is 0 Å². The van der Waals surface area contributed by atoms with Crippen molar-refractivity contribution in [3.8, 4) is 5.75 Å². The number of carbonyl (C=O) groups is 2. The Hall–Kier alpha value is -2.87. The van der Waals surface area contributed by atoms with Gasteiger partial charge in [-0.3, -0.25) is 14.9 Å². The van der Waals surface area contributed by atoms with Crippen LogP contribution in [0.25, 0.3) is 0 Å². The second kappa shape index (κ2) is 7.51. The van der Waals surface area contributed by atoms with Gasteiger partial charge in [0.2, 0.25) is 12.5 Å². The molecule has 8 heteroatoms. The van der Waals surface area contributed by atoms with Gasteiger partial charge in [0, 0.05) is 29.2 Å². The van der Waals surface area contributed by atoms with Gasteiger partial charge < -0.3 is 9.64 Å². The summed E-state index contributed by atoms with van der Waals surface area (Å²) in [5.74, 6) is 0.402. The molecule has 4 rings (SSSR count). The number of nitrogens with one attached hydrogen (secondary N) is 1. The summed E-state index contributed by atoms with van der Waals surface area (Å²) in [5, 5.41) is 1.61. The molecule has 29 heavy (non-hydrogen) atoms. The Balaban J connectivity index is 1.42. The summed E-state index contributed by atoms with van der Waals surface area (Å²) in [6.07, 6.45) is 0.480. The van der Waals surface area contributed by atoms with Gasteiger partial charge in [0.1, 0.15) is 5.75 Å². The zero-order chi connectivity index (χ0) is 20.6. The van der Waals surface area contributed by atoms with Gasteiger partial charge in [-0.05, 0) is 30.2 Å². The van der Waals surface area contributed by atoms with Crippen LogP contribution in [0.15, 0.2) is 48.5 Å². The third-order valence-corrected chi connectivity index (χ3v) is 6.53. The third kappa shape index (κ3) is 3.72. The number of thioether (sulfide) groups is 1. The van der Waals surface area contributed by atoms with Gasteiger partial charge in [-0.15, -0.1) is 0 Å². The summed E-state index contributed by atoms with van der Waals surface area (Å²) in [7, 11) is 1.90. The van der Waals surface area contributed by atoms with E-state index in [9.17, 15) is 14.5 Å². The van der Waals surface area contributed by atoms with Crippen molar-refractivity contribution in [1.82, 2.24) is 5.32 Å². The molecule has 0 saturated carbocycles. The molecule has 1 fully saturated rings. The first kappa shape index (κ1) is 19.4. The van der Waals surface area contributed by atoms with E-state index in [0.717, 1.165) is 33.3 Å². The molecule has 0 aromatic heterocycles. The number of nitrogens with zero attached hydrogens (tertiary/aromatic N) is 2. The number of hydrogen-bond acceptors (Lipinski definition) is 6. The Kier molecular flexibility index (Phi) is 5.04. The zero-order valence-corrected chi connectivity index (χ0v) is 17.1. The highest BCUT2D eigenvalue weighted by atomic mass is 32.2. The Morgan fingerprint density at radius 2 is 1.93 bits per heavy atom. The van der Waals surface area contributed by atoms with Gasteiger partial charge in [-0.25, -0.2) is 0 Å². The van der Waals surface area contributed by atoms with Gasteiger partial charge in [-0.1, -0.05) is 42.1 Å². The highest BCUT2D eigenvalue weighted by molar-refractivity contribution is 8.15. The fourth-order valence-electron chi connectivity index (χ4n) is 3.58. The average Bonchev–Trinajstić information content (AvgIpc) is 3.03. The van der Waals surface area contributed by atoms with Crippen LogP contribution in [0.3, 0.4) is 0 Å². The summed E-state index contributed by atoms with van der Waals surface area (Å²) in [4.78, 5) is 37.7. The van der Waals surface area contributed by atoms with E-state index in [1.54, 1.807) is 0 Å². The Labute approximate surface area is 173 Å². The van der Waals surface area contributed by atoms with Crippen molar-refractivity contribution in [3.63, 3.8) is 0 Å². The molecule has 0 aliphatic carbocycles. The van der Waals surface area contributed by atoms with Crippen LogP contribution in [0.1, 0.15) is 18.1 Å². The Morgan fingerprint density at radius 3 is 2.62 bits per heavy atom. The second-order valence-corrected chi connectivity index (χ2v) is 8.64. The highest BCUT2D eigenvalue weighted by Crippen LogP contribution is 2.33. The van der Waals surface area contributed by atoms with E-state index in [-0.39, 0.29) is 17.8 Å². The van der Waals surface area contributed by atoms with Crippen molar-refractivity contribution < 1.29 is 19.1 Å². The molecule has 1 N–H and O–H groups in total. The molecule has 2 atom stereocenters. The lowest BCUT2D eigenvalue weighted by Crippen LogP contribution is -2.58. The number of nitroso groups, excluding NO2 is 1. The summed E-state index contributed by atoms with van der Waals surface area (Å²) < 4.78 is 7.00. The van der Waals surface area contributed by atoms with Crippen molar-refractivity contribution in [3.05, 3.63) is 64.6 Å². The van der Waals surface area contributed by atoms with Crippen LogP contribution in [-0.2, 0) is 17.8 Å². The minimum absolute atomic E-state index is 0.204. The predicted octanol–water partition coefficient (Wildman–Crippen LogP) is 3.10. The molecule has 2 aliphatic rings. The Morgan fingerprint density at radius 1 is 1.21 bits per heavy atom. The Bertz CT molecular complexity index is 978. The number of anilines is 1. The quantitative estimate of drug-likeness (QED) is 0.761. The van der Waals surface area contributed by atoms with Crippen molar-refractivity contribution in [2.24, 2.45) is 0 Å². The maximum Gasteiger partial charge on any atom is 0.316 e. The van der Waals surface area contributed by atoms with Crippen LogP contribution in [0.4, 0.5) is 10.5 Å². The van der Waals surface area contributed by atoms with Crippen LogP contribution >= 0.6 is 11.8 Å². The molecule has 2 amide bonds. The van der Waals surface area contributed by atoms with Crippen molar-refractivity contribution >= 4 is 28.6 Å². The van der Waals surface area contributed by atoms with E-state index in [2.05, 4.69) is 5.32 Å². The van der Waals surface area contributed by atoms with E-state index in [4.69, 9.17) is 4.74 Å². The number of ether oxygens (including phenoxy) is 1. The summed E-state index contributed by atoms with van der Waals surface area (Å²) in [5.41, 5.74) is 2.15. The van der Waals surface area contributed by atoms with Crippen LogP contribution in [0, 0.1) is 4.91 Å². The lowest BCUT2D eigenvalue weighted by Gasteiger charge is -2.36. The van der Waals surface area contributed by atoms with E-state index < -0.39 is 10.9 Å². The van der Waals surface area contributed by atoms with Crippen LogP contribution in [0.2, 0.25) is 0 Å². The first-order valence-electron chi connectivity index (χ1n) is 9.36. The number of imide groups is 1. The monoisotopic (exact) mass is 412 g/mol. The summed E-state index contributed by atoms with van der Waals surface area (Å²) >= 11 is 1.02. The summed E-state index contributed by atoms with van der Waals surface area (Å²) in [6.45, 7) is 2.40. The number of hydrogen-bond donors (Lipinski definition) is 1. The second-order valence-electron chi connectivity index (χ2n) is 7.46. The van der Waals surface area contributed by atoms with Crippen molar-refractivity contribution in [2.45, 2.75) is 30.8 Å². The van der Waals surface area contributed by atoms with Gasteiger partial charge in [-0.2, -0.15) is 0 Å². The minimum Gasteiger partial charge on any atom is -0.484 e. The molecule has 0 spiro atoms. The lowest BCUT2D eigenvalue weighted by atomic mass is 10.0. The highest BCUT2D eigenvalue weighted by Gasteiger charge is 2.50. The number of carbonyl (C=O) groups excluding carboxylic acids is 2. The minimum atomic E-state index is -0.827. The fourth-order valence-corrected chi connectivity index (χ4v) is 4.44. The number of para-hydroxylation sites is 1. The van der Waals surface area contributed by atoms with Crippen molar-refractivity contribution in [2.75, 3.05) is 18.6 Å². The maximum absolute atomic E-state index is 12.7. The average molecular weight is 412 g/mol. The number of fused-ring (bicyclic) bond motifs is 1. The molecule has 2 aromatic carbocycles.